The number of ether oxygens (including phenoxy) is 1. The summed E-state index contributed by atoms with van der Waals surface area (Å²) in [6.07, 6.45) is 3.06. The van der Waals surface area contributed by atoms with E-state index >= 15 is 0 Å². The minimum Gasteiger partial charge on any atom is -0.476 e. The Morgan fingerprint density at radius 1 is 1.25 bits per heavy atom. The third-order valence-electron chi connectivity index (χ3n) is 3.95. The SMILES string of the molecule is CCCCN1C(=O)C(C)(C)Oc2cc(CC)c(C)cc21. The third-order valence-corrected chi connectivity index (χ3v) is 3.95. The van der Waals surface area contributed by atoms with E-state index in [9.17, 15) is 4.79 Å². The Hall–Kier alpha value is -1.51. The fraction of sp³-hybridized carbons (Fsp3) is 0.588. The molecule has 0 fully saturated rings. The second kappa shape index (κ2) is 5.47. The molecular weight excluding hydrogens is 250 g/mol. The number of aryl methyl sites for hydroxylation is 2. The molecule has 20 heavy (non-hydrogen) atoms. The Balaban J connectivity index is 2.49. The van der Waals surface area contributed by atoms with E-state index in [1.807, 2.05) is 18.7 Å². The fourth-order valence-corrected chi connectivity index (χ4v) is 2.68. The number of nitrogens with zero attached hydrogens (tertiary/aromatic N) is 1. The van der Waals surface area contributed by atoms with Gasteiger partial charge >= 0.3 is 0 Å². The lowest BCUT2D eigenvalue weighted by Crippen LogP contribution is -2.52. The van der Waals surface area contributed by atoms with Gasteiger partial charge in [-0.15, -0.1) is 0 Å². The van der Waals surface area contributed by atoms with Crippen LogP contribution in [0.15, 0.2) is 12.1 Å². The highest BCUT2D eigenvalue weighted by atomic mass is 16.5. The highest BCUT2D eigenvalue weighted by Crippen LogP contribution is 2.39. The van der Waals surface area contributed by atoms with Crippen molar-refractivity contribution in [2.75, 3.05) is 11.4 Å². The molecule has 1 aromatic carbocycles. The van der Waals surface area contributed by atoms with Gasteiger partial charge in [0.25, 0.3) is 5.91 Å². The van der Waals surface area contributed by atoms with Crippen LogP contribution in [0.2, 0.25) is 0 Å². The van der Waals surface area contributed by atoms with Crippen LogP contribution in [0.5, 0.6) is 5.75 Å². The smallest absolute Gasteiger partial charge is 0.270 e. The average Bonchev–Trinajstić information content (AvgIpc) is 2.40. The maximum atomic E-state index is 12.6. The molecule has 0 bridgehead atoms. The highest BCUT2D eigenvalue weighted by molar-refractivity contribution is 6.02. The maximum absolute atomic E-state index is 12.6. The van der Waals surface area contributed by atoms with Crippen molar-refractivity contribution in [1.82, 2.24) is 0 Å². The molecule has 0 radical (unpaired) electrons. The number of carbonyl (C=O) groups is 1. The number of unbranched alkanes of at least 4 members (excludes halogenated alkanes) is 1. The Kier molecular flexibility index (Phi) is 4.07. The largest absolute Gasteiger partial charge is 0.476 e. The summed E-state index contributed by atoms with van der Waals surface area (Å²) in [5.74, 6) is 0.898. The number of hydrogen-bond acceptors (Lipinski definition) is 2. The summed E-state index contributed by atoms with van der Waals surface area (Å²) in [5.41, 5.74) is 2.66. The number of benzene rings is 1. The zero-order valence-corrected chi connectivity index (χ0v) is 13.2. The summed E-state index contributed by atoms with van der Waals surface area (Å²) in [6, 6.07) is 4.19. The molecule has 3 nitrogen and oxygen atoms in total. The second-order valence-electron chi connectivity index (χ2n) is 6.02. The number of hydrogen-bond donors (Lipinski definition) is 0. The minimum absolute atomic E-state index is 0.0575. The van der Waals surface area contributed by atoms with E-state index in [1.54, 1.807) is 0 Å². The quantitative estimate of drug-likeness (QED) is 0.835. The van der Waals surface area contributed by atoms with E-state index in [-0.39, 0.29) is 5.91 Å². The van der Waals surface area contributed by atoms with Gasteiger partial charge in [-0.2, -0.15) is 0 Å². The van der Waals surface area contributed by atoms with Gasteiger partial charge in [-0.25, -0.2) is 0 Å². The topological polar surface area (TPSA) is 29.5 Å². The van der Waals surface area contributed by atoms with E-state index in [1.165, 1.54) is 11.1 Å². The zero-order chi connectivity index (χ0) is 14.9. The molecule has 1 heterocycles. The van der Waals surface area contributed by atoms with Crippen molar-refractivity contribution in [1.29, 1.82) is 0 Å². The molecule has 2 rings (SSSR count). The average molecular weight is 275 g/mol. The Morgan fingerprint density at radius 2 is 1.95 bits per heavy atom. The van der Waals surface area contributed by atoms with Crippen molar-refractivity contribution in [3.63, 3.8) is 0 Å². The van der Waals surface area contributed by atoms with Crippen LogP contribution in [0.3, 0.4) is 0 Å². The van der Waals surface area contributed by atoms with Crippen molar-refractivity contribution in [2.45, 2.75) is 59.5 Å². The molecule has 0 saturated heterocycles. The van der Waals surface area contributed by atoms with E-state index in [0.29, 0.717) is 0 Å². The molecule has 1 amide bonds. The van der Waals surface area contributed by atoms with Gasteiger partial charge in [0, 0.05) is 6.54 Å². The van der Waals surface area contributed by atoms with Crippen molar-refractivity contribution in [2.24, 2.45) is 0 Å². The Labute approximate surface area is 121 Å². The normalized spacial score (nSPS) is 16.9. The van der Waals surface area contributed by atoms with E-state index in [0.717, 1.165) is 37.2 Å². The van der Waals surface area contributed by atoms with Gasteiger partial charge in [-0.05, 0) is 56.9 Å². The van der Waals surface area contributed by atoms with Crippen molar-refractivity contribution >= 4 is 11.6 Å². The van der Waals surface area contributed by atoms with Crippen molar-refractivity contribution in [3.8, 4) is 5.75 Å². The lowest BCUT2D eigenvalue weighted by molar-refractivity contribution is -0.132. The third kappa shape index (κ3) is 2.54. The van der Waals surface area contributed by atoms with Crippen LogP contribution in [-0.2, 0) is 11.2 Å². The summed E-state index contributed by atoms with van der Waals surface area (Å²) >= 11 is 0. The summed E-state index contributed by atoms with van der Waals surface area (Å²) in [4.78, 5) is 14.5. The molecule has 1 aromatic rings. The number of amides is 1. The molecule has 0 spiro atoms. The van der Waals surface area contributed by atoms with Crippen molar-refractivity contribution < 1.29 is 9.53 Å². The monoisotopic (exact) mass is 275 g/mol. The van der Waals surface area contributed by atoms with Crippen LogP contribution in [-0.4, -0.2) is 18.1 Å². The molecule has 0 unspecified atom stereocenters. The van der Waals surface area contributed by atoms with Crippen molar-refractivity contribution in [3.05, 3.63) is 23.3 Å². The number of fused-ring (bicyclic) bond motifs is 1. The van der Waals surface area contributed by atoms with Gasteiger partial charge in [-0.1, -0.05) is 20.3 Å². The number of anilines is 1. The first-order valence-corrected chi connectivity index (χ1v) is 7.55. The first kappa shape index (κ1) is 14.9. The molecule has 0 atom stereocenters. The lowest BCUT2D eigenvalue weighted by Gasteiger charge is -2.39. The fourth-order valence-electron chi connectivity index (χ4n) is 2.68. The Bertz CT molecular complexity index is 520. The van der Waals surface area contributed by atoms with Gasteiger partial charge in [0.2, 0.25) is 0 Å². The molecule has 1 aliphatic rings. The lowest BCUT2D eigenvalue weighted by atomic mass is 9.99. The van der Waals surface area contributed by atoms with Crippen LogP contribution >= 0.6 is 0 Å². The van der Waals surface area contributed by atoms with Gasteiger partial charge < -0.3 is 9.64 Å². The van der Waals surface area contributed by atoms with Gasteiger partial charge in [0.05, 0.1) is 5.69 Å². The second-order valence-corrected chi connectivity index (χ2v) is 6.02. The first-order valence-electron chi connectivity index (χ1n) is 7.55. The zero-order valence-electron chi connectivity index (χ0n) is 13.2. The van der Waals surface area contributed by atoms with Gasteiger partial charge in [0.15, 0.2) is 5.60 Å². The summed E-state index contributed by atoms with van der Waals surface area (Å²) < 4.78 is 5.95. The summed E-state index contributed by atoms with van der Waals surface area (Å²) in [6.45, 7) is 10.8. The van der Waals surface area contributed by atoms with Crippen LogP contribution in [0.1, 0.15) is 51.7 Å². The predicted octanol–water partition coefficient (Wildman–Crippen LogP) is 3.86. The predicted molar refractivity (Wildman–Crippen MR) is 82.5 cm³/mol. The summed E-state index contributed by atoms with van der Waals surface area (Å²) in [5, 5.41) is 0. The number of carbonyl (C=O) groups excluding carboxylic acids is 1. The van der Waals surface area contributed by atoms with Gasteiger partial charge in [0.1, 0.15) is 5.75 Å². The molecule has 110 valence electrons. The molecule has 3 heteroatoms. The molecule has 1 aliphatic heterocycles. The van der Waals surface area contributed by atoms with Gasteiger partial charge in [-0.3, -0.25) is 4.79 Å². The number of rotatable bonds is 4. The van der Waals surface area contributed by atoms with Crippen LogP contribution in [0.25, 0.3) is 0 Å². The molecule has 0 N–H and O–H groups in total. The standard InChI is InChI=1S/C17H25NO2/c1-6-8-9-18-14-10-12(3)13(7-2)11-15(14)20-17(4,5)16(18)19/h10-11H,6-9H2,1-5H3. The maximum Gasteiger partial charge on any atom is 0.270 e. The molecule has 0 saturated carbocycles. The molecule has 0 aromatic heterocycles. The van der Waals surface area contributed by atoms with E-state index < -0.39 is 5.60 Å². The van der Waals surface area contributed by atoms with E-state index in [4.69, 9.17) is 4.74 Å². The van der Waals surface area contributed by atoms with Crippen LogP contribution < -0.4 is 9.64 Å². The van der Waals surface area contributed by atoms with Crippen LogP contribution in [0, 0.1) is 6.92 Å². The van der Waals surface area contributed by atoms with Crippen LogP contribution in [0.4, 0.5) is 5.69 Å². The summed E-state index contributed by atoms with van der Waals surface area (Å²) in [7, 11) is 0. The molecule has 0 aliphatic carbocycles. The Morgan fingerprint density at radius 3 is 2.55 bits per heavy atom. The minimum atomic E-state index is -0.777. The highest BCUT2D eigenvalue weighted by Gasteiger charge is 2.40. The molecular formula is C17H25NO2. The van der Waals surface area contributed by atoms with E-state index in [2.05, 4.69) is 32.9 Å². The first-order chi connectivity index (χ1) is 9.40.